The van der Waals surface area contributed by atoms with Crippen molar-refractivity contribution in [2.75, 3.05) is 20.6 Å². The lowest BCUT2D eigenvalue weighted by molar-refractivity contribution is -0.135. The molecule has 1 unspecified atom stereocenters. The third kappa shape index (κ3) is 2.27. The van der Waals surface area contributed by atoms with Gasteiger partial charge in [-0.05, 0) is 40.2 Å². The van der Waals surface area contributed by atoms with Crippen LogP contribution in [0.2, 0.25) is 0 Å². The molecule has 0 N–H and O–H groups in total. The number of likely N-dealkylation sites (N-methyl/N-ethyl adjacent to an activating group) is 1. The van der Waals surface area contributed by atoms with E-state index < -0.39 is 0 Å². The number of carbonyl (C=O) groups excluding carboxylic acids is 1. The molecular formula is C11H22N2O. The van der Waals surface area contributed by atoms with Crippen LogP contribution in [-0.2, 0) is 4.79 Å². The van der Waals surface area contributed by atoms with Gasteiger partial charge in [0.05, 0.1) is 6.04 Å². The number of rotatable bonds is 1. The molecule has 82 valence electrons. The predicted octanol–water partition coefficient (Wildman–Crippen LogP) is 1.34. The van der Waals surface area contributed by atoms with Crippen molar-refractivity contribution in [1.82, 2.24) is 9.80 Å². The second-order valence-electron chi connectivity index (χ2n) is 5.25. The zero-order chi connectivity index (χ0) is 10.9. The van der Waals surface area contributed by atoms with Crippen LogP contribution in [-0.4, -0.2) is 47.9 Å². The molecular weight excluding hydrogens is 176 g/mol. The number of hydrogen-bond donors (Lipinski definition) is 0. The van der Waals surface area contributed by atoms with Crippen molar-refractivity contribution in [3.63, 3.8) is 0 Å². The molecule has 14 heavy (non-hydrogen) atoms. The fraction of sp³-hybridized carbons (Fsp3) is 0.909. The van der Waals surface area contributed by atoms with Crippen molar-refractivity contribution in [3.05, 3.63) is 0 Å². The number of hydrogen-bond acceptors (Lipinski definition) is 2. The highest BCUT2D eigenvalue weighted by molar-refractivity contribution is 5.81. The van der Waals surface area contributed by atoms with Gasteiger partial charge < -0.3 is 4.90 Å². The molecule has 0 spiro atoms. The predicted molar refractivity (Wildman–Crippen MR) is 58.2 cm³/mol. The molecule has 0 saturated carbocycles. The van der Waals surface area contributed by atoms with E-state index in [-0.39, 0.29) is 17.5 Å². The summed E-state index contributed by atoms with van der Waals surface area (Å²) in [5, 5.41) is 0. The van der Waals surface area contributed by atoms with Gasteiger partial charge in [0.1, 0.15) is 0 Å². The summed E-state index contributed by atoms with van der Waals surface area (Å²) in [4.78, 5) is 15.9. The summed E-state index contributed by atoms with van der Waals surface area (Å²) in [6.45, 7) is 7.57. The fourth-order valence-corrected chi connectivity index (χ4v) is 2.12. The largest absolute Gasteiger partial charge is 0.347 e. The van der Waals surface area contributed by atoms with Crippen LogP contribution in [0.1, 0.15) is 33.6 Å². The zero-order valence-corrected chi connectivity index (χ0v) is 10.0. The van der Waals surface area contributed by atoms with Crippen LogP contribution in [0.5, 0.6) is 0 Å². The Balaban J connectivity index is 2.74. The molecule has 0 aromatic rings. The first-order chi connectivity index (χ1) is 6.34. The third-order valence-corrected chi connectivity index (χ3v) is 2.84. The molecule has 1 amide bonds. The molecule has 1 saturated heterocycles. The quantitative estimate of drug-likeness (QED) is 0.635. The van der Waals surface area contributed by atoms with E-state index in [0.717, 1.165) is 19.4 Å². The maximum Gasteiger partial charge on any atom is 0.239 e. The van der Waals surface area contributed by atoms with E-state index in [2.05, 4.69) is 25.7 Å². The molecule has 0 aromatic heterocycles. The SMILES string of the molecule is CN(C)C(=O)C1CCCN1C(C)(C)C. The molecule has 1 aliphatic heterocycles. The van der Waals surface area contributed by atoms with E-state index in [0.29, 0.717) is 0 Å². The number of amides is 1. The highest BCUT2D eigenvalue weighted by Gasteiger charge is 2.37. The Morgan fingerprint density at radius 1 is 1.36 bits per heavy atom. The summed E-state index contributed by atoms with van der Waals surface area (Å²) in [6, 6.07) is 0.102. The highest BCUT2D eigenvalue weighted by atomic mass is 16.2. The average molecular weight is 198 g/mol. The summed E-state index contributed by atoms with van der Waals surface area (Å²) < 4.78 is 0. The Kier molecular flexibility index (Phi) is 3.20. The first-order valence-electron chi connectivity index (χ1n) is 5.32. The van der Waals surface area contributed by atoms with Crippen molar-refractivity contribution < 1.29 is 4.79 Å². The van der Waals surface area contributed by atoms with Crippen LogP contribution in [0.3, 0.4) is 0 Å². The molecule has 1 rings (SSSR count). The molecule has 3 nitrogen and oxygen atoms in total. The van der Waals surface area contributed by atoms with Gasteiger partial charge in [0.15, 0.2) is 0 Å². The second kappa shape index (κ2) is 3.89. The molecule has 0 bridgehead atoms. The minimum absolute atomic E-state index is 0.102. The van der Waals surface area contributed by atoms with Crippen LogP contribution >= 0.6 is 0 Å². The topological polar surface area (TPSA) is 23.6 Å². The van der Waals surface area contributed by atoms with Crippen molar-refractivity contribution in [3.8, 4) is 0 Å². The monoisotopic (exact) mass is 198 g/mol. The number of carbonyl (C=O) groups is 1. The van der Waals surface area contributed by atoms with E-state index in [9.17, 15) is 4.79 Å². The highest BCUT2D eigenvalue weighted by Crippen LogP contribution is 2.26. The van der Waals surface area contributed by atoms with Gasteiger partial charge >= 0.3 is 0 Å². The Hall–Kier alpha value is -0.570. The Labute approximate surface area is 87.1 Å². The summed E-state index contributed by atoms with van der Waals surface area (Å²) in [6.07, 6.45) is 2.15. The standard InChI is InChI=1S/C11H22N2O/c1-11(2,3)13-8-6-7-9(13)10(14)12(4)5/h9H,6-8H2,1-5H3. The lowest BCUT2D eigenvalue weighted by Gasteiger charge is -2.37. The maximum absolute atomic E-state index is 11.9. The van der Waals surface area contributed by atoms with Gasteiger partial charge in [-0.2, -0.15) is 0 Å². The summed E-state index contributed by atoms with van der Waals surface area (Å²) in [7, 11) is 3.67. The molecule has 0 radical (unpaired) electrons. The van der Waals surface area contributed by atoms with Gasteiger partial charge in [-0.1, -0.05) is 0 Å². The normalized spacial score (nSPS) is 23.9. The first kappa shape index (κ1) is 11.5. The zero-order valence-electron chi connectivity index (χ0n) is 10.0. The molecule has 1 atom stereocenters. The summed E-state index contributed by atoms with van der Waals surface area (Å²) in [5.74, 6) is 0.248. The molecule has 1 aliphatic rings. The van der Waals surface area contributed by atoms with Crippen LogP contribution in [0.15, 0.2) is 0 Å². The third-order valence-electron chi connectivity index (χ3n) is 2.84. The fourth-order valence-electron chi connectivity index (χ4n) is 2.12. The molecule has 3 heteroatoms. The molecule has 1 heterocycles. The lowest BCUT2D eigenvalue weighted by atomic mass is 10.0. The summed E-state index contributed by atoms with van der Waals surface area (Å²) >= 11 is 0. The lowest BCUT2D eigenvalue weighted by Crippen LogP contribution is -2.50. The van der Waals surface area contributed by atoms with Crippen molar-refractivity contribution in [1.29, 1.82) is 0 Å². The van der Waals surface area contributed by atoms with Crippen molar-refractivity contribution >= 4 is 5.91 Å². The van der Waals surface area contributed by atoms with Crippen molar-refractivity contribution in [2.45, 2.75) is 45.2 Å². The van der Waals surface area contributed by atoms with E-state index in [1.807, 2.05) is 14.1 Å². The Bertz CT molecular complexity index is 218. The van der Waals surface area contributed by atoms with Gasteiger partial charge in [-0.15, -0.1) is 0 Å². The van der Waals surface area contributed by atoms with E-state index in [1.165, 1.54) is 0 Å². The Morgan fingerprint density at radius 3 is 2.36 bits per heavy atom. The minimum atomic E-state index is 0.102. The minimum Gasteiger partial charge on any atom is -0.347 e. The van der Waals surface area contributed by atoms with E-state index in [4.69, 9.17) is 0 Å². The molecule has 0 aromatic carbocycles. The van der Waals surface area contributed by atoms with Gasteiger partial charge in [-0.25, -0.2) is 0 Å². The van der Waals surface area contributed by atoms with Crippen LogP contribution < -0.4 is 0 Å². The molecule has 0 aliphatic carbocycles. The maximum atomic E-state index is 11.9. The summed E-state index contributed by atoms with van der Waals surface area (Å²) in [5.41, 5.74) is 0.104. The van der Waals surface area contributed by atoms with Crippen LogP contribution in [0.4, 0.5) is 0 Å². The Morgan fingerprint density at radius 2 is 1.93 bits per heavy atom. The first-order valence-corrected chi connectivity index (χ1v) is 5.32. The average Bonchev–Trinajstić information content (AvgIpc) is 2.48. The molecule has 1 fully saturated rings. The van der Waals surface area contributed by atoms with Gasteiger partial charge in [0.2, 0.25) is 5.91 Å². The van der Waals surface area contributed by atoms with E-state index >= 15 is 0 Å². The van der Waals surface area contributed by atoms with Crippen LogP contribution in [0.25, 0.3) is 0 Å². The van der Waals surface area contributed by atoms with Crippen LogP contribution in [0, 0.1) is 0 Å². The van der Waals surface area contributed by atoms with Gasteiger partial charge in [0.25, 0.3) is 0 Å². The smallest absolute Gasteiger partial charge is 0.239 e. The second-order valence-corrected chi connectivity index (χ2v) is 5.25. The van der Waals surface area contributed by atoms with Gasteiger partial charge in [-0.3, -0.25) is 9.69 Å². The number of likely N-dealkylation sites (tertiary alicyclic amines) is 1. The van der Waals surface area contributed by atoms with Gasteiger partial charge in [0, 0.05) is 19.6 Å². The number of nitrogens with zero attached hydrogens (tertiary/aromatic N) is 2. The van der Waals surface area contributed by atoms with E-state index in [1.54, 1.807) is 4.90 Å². The van der Waals surface area contributed by atoms with Crippen molar-refractivity contribution in [2.24, 2.45) is 0 Å².